The lowest BCUT2D eigenvalue weighted by molar-refractivity contribution is -0.149. The number of esters is 1. The van der Waals surface area contributed by atoms with Gasteiger partial charge in [0, 0.05) is 20.1 Å². The van der Waals surface area contributed by atoms with Gasteiger partial charge in [-0.25, -0.2) is 0 Å². The topological polar surface area (TPSA) is 54.0 Å². The Morgan fingerprint density at radius 1 is 1.19 bits per heavy atom. The fraction of sp³-hybridized carbons (Fsp3) is 0.562. The molecule has 0 aliphatic carbocycles. The van der Waals surface area contributed by atoms with Crippen molar-refractivity contribution in [1.82, 2.24) is 0 Å². The molecule has 0 radical (unpaired) electrons. The van der Waals surface area contributed by atoms with E-state index in [2.05, 4.69) is 0 Å². The lowest BCUT2D eigenvalue weighted by Gasteiger charge is -2.25. The average Bonchev–Trinajstić information content (AvgIpc) is 2.50. The largest absolute Gasteiger partial charge is 0.486 e. The van der Waals surface area contributed by atoms with E-state index in [0.29, 0.717) is 44.3 Å². The fourth-order valence-corrected chi connectivity index (χ4v) is 2.10. The molecule has 0 unspecified atom stereocenters. The minimum absolute atomic E-state index is 0.254. The zero-order chi connectivity index (χ0) is 15.3. The van der Waals surface area contributed by atoms with Crippen LogP contribution in [0.1, 0.15) is 25.8 Å². The zero-order valence-corrected chi connectivity index (χ0v) is 12.8. The van der Waals surface area contributed by atoms with E-state index in [1.54, 1.807) is 7.11 Å². The Morgan fingerprint density at radius 3 is 2.62 bits per heavy atom. The second-order valence-corrected chi connectivity index (χ2v) is 5.47. The van der Waals surface area contributed by atoms with Gasteiger partial charge in [-0.1, -0.05) is 6.07 Å². The van der Waals surface area contributed by atoms with E-state index >= 15 is 0 Å². The molecule has 0 N–H and O–H groups in total. The normalized spacial score (nSPS) is 13.9. The first-order valence-electron chi connectivity index (χ1n) is 7.12. The molecule has 1 heterocycles. The Morgan fingerprint density at radius 2 is 1.90 bits per heavy atom. The third-order valence-electron chi connectivity index (χ3n) is 3.50. The molecule has 0 amide bonds. The fourth-order valence-electron chi connectivity index (χ4n) is 2.10. The highest BCUT2D eigenvalue weighted by Crippen LogP contribution is 2.35. The van der Waals surface area contributed by atoms with Crippen LogP contribution in [-0.4, -0.2) is 39.5 Å². The van der Waals surface area contributed by atoms with E-state index in [1.807, 2.05) is 32.0 Å². The third-order valence-corrected chi connectivity index (χ3v) is 3.50. The van der Waals surface area contributed by atoms with E-state index in [-0.39, 0.29) is 5.97 Å². The number of hydrogen-bond donors (Lipinski definition) is 0. The summed E-state index contributed by atoms with van der Waals surface area (Å²) in [6.07, 6.45) is 0.694. The first-order chi connectivity index (χ1) is 10.1. The van der Waals surface area contributed by atoms with E-state index < -0.39 is 5.41 Å². The molecule has 5 heteroatoms. The zero-order valence-electron chi connectivity index (χ0n) is 12.8. The third kappa shape index (κ3) is 3.67. The quantitative estimate of drug-likeness (QED) is 0.595. The Labute approximate surface area is 125 Å². The number of fused-ring (bicyclic) bond motifs is 1. The highest BCUT2D eigenvalue weighted by molar-refractivity contribution is 5.82. The van der Waals surface area contributed by atoms with E-state index in [9.17, 15) is 4.79 Å². The molecular weight excluding hydrogens is 272 g/mol. The molecule has 1 aromatic rings. The van der Waals surface area contributed by atoms with E-state index in [4.69, 9.17) is 18.9 Å². The van der Waals surface area contributed by atoms with Crippen molar-refractivity contribution in [2.24, 2.45) is 0 Å². The molecule has 2 rings (SSSR count). The number of benzene rings is 1. The van der Waals surface area contributed by atoms with Crippen molar-refractivity contribution < 1.29 is 23.7 Å². The van der Waals surface area contributed by atoms with Crippen LogP contribution in [0.2, 0.25) is 0 Å². The lowest BCUT2D eigenvalue weighted by Crippen LogP contribution is -2.31. The van der Waals surface area contributed by atoms with Crippen molar-refractivity contribution in [2.75, 3.05) is 33.5 Å². The van der Waals surface area contributed by atoms with Gasteiger partial charge in [0.25, 0.3) is 0 Å². The maximum atomic E-state index is 12.3. The summed E-state index contributed by atoms with van der Waals surface area (Å²) in [4.78, 5) is 12.3. The van der Waals surface area contributed by atoms with Crippen LogP contribution in [0.15, 0.2) is 18.2 Å². The van der Waals surface area contributed by atoms with E-state index in [0.717, 1.165) is 5.56 Å². The van der Waals surface area contributed by atoms with Gasteiger partial charge in [-0.3, -0.25) is 4.79 Å². The number of carbonyl (C=O) groups is 1. The summed E-state index contributed by atoms with van der Waals surface area (Å²) in [5.74, 6) is 1.14. The van der Waals surface area contributed by atoms with Gasteiger partial charge in [0.15, 0.2) is 11.5 Å². The Kier molecular flexibility index (Phi) is 5.07. The minimum atomic E-state index is -0.733. The predicted molar refractivity (Wildman–Crippen MR) is 77.9 cm³/mol. The molecule has 0 bridgehead atoms. The Bertz CT molecular complexity index is 495. The summed E-state index contributed by atoms with van der Waals surface area (Å²) >= 11 is 0. The molecule has 1 aliphatic rings. The van der Waals surface area contributed by atoms with Crippen LogP contribution in [-0.2, 0) is 19.7 Å². The molecule has 0 fully saturated rings. The van der Waals surface area contributed by atoms with Crippen LogP contribution >= 0.6 is 0 Å². The maximum Gasteiger partial charge on any atom is 0.315 e. The van der Waals surface area contributed by atoms with Crippen molar-refractivity contribution in [1.29, 1.82) is 0 Å². The summed E-state index contributed by atoms with van der Waals surface area (Å²) < 4.78 is 21.3. The molecule has 0 aromatic heterocycles. The number of ether oxygens (including phenoxy) is 4. The lowest BCUT2D eigenvalue weighted by atomic mass is 9.84. The molecule has 5 nitrogen and oxygen atoms in total. The number of carbonyl (C=O) groups excluding carboxylic acids is 1. The van der Waals surface area contributed by atoms with Crippen molar-refractivity contribution in [3.8, 4) is 11.5 Å². The van der Waals surface area contributed by atoms with Gasteiger partial charge >= 0.3 is 5.97 Å². The van der Waals surface area contributed by atoms with Crippen molar-refractivity contribution in [3.05, 3.63) is 23.8 Å². The highest BCUT2D eigenvalue weighted by atomic mass is 16.6. The van der Waals surface area contributed by atoms with Crippen LogP contribution in [0.5, 0.6) is 11.5 Å². The molecule has 0 saturated heterocycles. The van der Waals surface area contributed by atoms with Crippen LogP contribution in [0.4, 0.5) is 0 Å². The van der Waals surface area contributed by atoms with Gasteiger partial charge < -0.3 is 18.9 Å². The van der Waals surface area contributed by atoms with Crippen molar-refractivity contribution in [3.63, 3.8) is 0 Å². The molecule has 1 aromatic carbocycles. The monoisotopic (exact) mass is 294 g/mol. The first-order valence-corrected chi connectivity index (χ1v) is 7.12. The smallest absolute Gasteiger partial charge is 0.315 e. The maximum absolute atomic E-state index is 12.3. The van der Waals surface area contributed by atoms with E-state index in [1.165, 1.54) is 0 Å². The summed E-state index contributed by atoms with van der Waals surface area (Å²) in [6.45, 7) is 5.71. The molecule has 0 spiro atoms. The Hall–Kier alpha value is -1.75. The summed E-state index contributed by atoms with van der Waals surface area (Å²) in [6, 6.07) is 5.57. The predicted octanol–water partition coefficient (Wildman–Crippen LogP) is 2.32. The van der Waals surface area contributed by atoms with Gasteiger partial charge in [0.2, 0.25) is 0 Å². The second kappa shape index (κ2) is 6.80. The molecule has 116 valence electrons. The average molecular weight is 294 g/mol. The molecule has 1 aliphatic heterocycles. The van der Waals surface area contributed by atoms with Crippen LogP contribution in [0, 0.1) is 0 Å². The SMILES string of the molecule is COCCCOC(=O)C(C)(C)c1ccc2c(c1)OCCO2. The van der Waals surface area contributed by atoms with Crippen LogP contribution < -0.4 is 9.47 Å². The van der Waals surface area contributed by atoms with Gasteiger partial charge in [-0.2, -0.15) is 0 Å². The molecular formula is C16H22O5. The van der Waals surface area contributed by atoms with Gasteiger partial charge in [-0.05, 0) is 31.5 Å². The summed E-state index contributed by atoms with van der Waals surface area (Å²) in [5, 5.41) is 0. The summed E-state index contributed by atoms with van der Waals surface area (Å²) in [7, 11) is 1.63. The molecule has 21 heavy (non-hydrogen) atoms. The van der Waals surface area contributed by atoms with Gasteiger partial charge in [0.05, 0.1) is 12.0 Å². The molecule has 0 atom stereocenters. The Balaban J connectivity index is 2.05. The minimum Gasteiger partial charge on any atom is -0.486 e. The summed E-state index contributed by atoms with van der Waals surface area (Å²) in [5.41, 5.74) is 0.117. The van der Waals surface area contributed by atoms with Crippen molar-refractivity contribution >= 4 is 5.97 Å². The number of hydrogen-bond acceptors (Lipinski definition) is 5. The standard InChI is InChI=1S/C16H22O5/c1-16(2,15(17)21-8-4-7-18-3)12-5-6-13-14(11-12)20-10-9-19-13/h5-6,11H,4,7-10H2,1-3H3. The first kappa shape index (κ1) is 15.6. The van der Waals surface area contributed by atoms with Gasteiger partial charge in [0.1, 0.15) is 13.2 Å². The van der Waals surface area contributed by atoms with Crippen LogP contribution in [0.25, 0.3) is 0 Å². The van der Waals surface area contributed by atoms with Crippen molar-refractivity contribution in [2.45, 2.75) is 25.7 Å². The number of methoxy groups -OCH3 is 1. The number of rotatable bonds is 6. The second-order valence-electron chi connectivity index (χ2n) is 5.47. The van der Waals surface area contributed by atoms with Gasteiger partial charge in [-0.15, -0.1) is 0 Å². The van der Waals surface area contributed by atoms with Crippen LogP contribution in [0.3, 0.4) is 0 Å². The molecule has 0 saturated carbocycles. The highest BCUT2D eigenvalue weighted by Gasteiger charge is 2.32.